The van der Waals surface area contributed by atoms with E-state index in [4.69, 9.17) is 5.73 Å². The minimum absolute atomic E-state index is 0.367. The van der Waals surface area contributed by atoms with Crippen molar-refractivity contribution in [2.24, 2.45) is 17.6 Å². The minimum atomic E-state index is 0.367. The van der Waals surface area contributed by atoms with Gasteiger partial charge in [0.15, 0.2) is 0 Å². The van der Waals surface area contributed by atoms with E-state index in [0.29, 0.717) is 12.6 Å². The summed E-state index contributed by atoms with van der Waals surface area (Å²) in [6.45, 7) is 5.32. The van der Waals surface area contributed by atoms with Crippen LogP contribution in [0.15, 0.2) is 22.7 Å². The van der Waals surface area contributed by atoms with Gasteiger partial charge in [-0.1, -0.05) is 28.1 Å². The van der Waals surface area contributed by atoms with Gasteiger partial charge >= 0.3 is 0 Å². The highest BCUT2D eigenvalue weighted by Gasteiger charge is 2.33. The Hall–Kier alpha value is -0.380. The van der Waals surface area contributed by atoms with Gasteiger partial charge in [-0.25, -0.2) is 0 Å². The molecule has 3 heteroatoms. The largest absolute Gasteiger partial charge is 0.329 e. The van der Waals surface area contributed by atoms with Gasteiger partial charge in [-0.05, 0) is 61.6 Å². The van der Waals surface area contributed by atoms with Gasteiger partial charge in [-0.3, -0.25) is 4.90 Å². The van der Waals surface area contributed by atoms with Crippen LogP contribution in [-0.2, 0) is 0 Å². The molecule has 0 radical (unpaired) electrons. The molecule has 0 heterocycles. The fourth-order valence-electron chi connectivity index (χ4n) is 2.97. The van der Waals surface area contributed by atoms with Crippen molar-refractivity contribution in [3.05, 3.63) is 33.8 Å². The number of hydrogen-bond acceptors (Lipinski definition) is 2. The Bertz CT molecular complexity index is 452. The molecule has 0 amide bonds. The number of nitrogens with zero attached hydrogens (tertiary/aromatic N) is 1. The lowest BCUT2D eigenvalue weighted by Crippen LogP contribution is -2.37. The molecule has 2 saturated carbocycles. The molecular weight excluding hydrogens is 312 g/mol. The Morgan fingerprint density at radius 3 is 2.25 bits per heavy atom. The van der Waals surface area contributed by atoms with E-state index in [9.17, 15) is 0 Å². The lowest BCUT2D eigenvalue weighted by molar-refractivity contribution is 0.184. The summed E-state index contributed by atoms with van der Waals surface area (Å²) in [6, 6.07) is 7.04. The Morgan fingerprint density at radius 2 is 1.80 bits per heavy atom. The minimum Gasteiger partial charge on any atom is -0.329 e. The summed E-state index contributed by atoms with van der Waals surface area (Å²) in [5.41, 5.74) is 8.80. The van der Waals surface area contributed by atoms with Gasteiger partial charge in [-0.15, -0.1) is 0 Å². The van der Waals surface area contributed by atoms with Gasteiger partial charge < -0.3 is 5.73 Å². The first kappa shape index (κ1) is 14.6. The van der Waals surface area contributed by atoms with Crippen molar-refractivity contribution in [3.8, 4) is 0 Å². The van der Waals surface area contributed by atoms with Gasteiger partial charge in [0.25, 0.3) is 0 Å². The van der Waals surface area contributed by atoms with Crippen LogP contribution in [0, 0.1) is 18.8 Å². The highest BCUT2D eigenvalue weighted by atomic mass is 79.9. The van der Waals surface area contributed by atoms with Crippen LogP contribution in [0.1, 0.15) is 42.9 Å². The van der Waals surface area contributed by atoms with Crippen molar-refractivity contribution in [2.45, 2.75) is 38.6 Å². The summed E-state index contributed by atoms with van der Waals surface area (Å²) < 4.78 is 1.21. The summed E-state index contributed by atoms with van der Waals surface area (Å²) in [7, 11) is 0. The predicted molar refractivity (Wildman–Crippen MR) is 87.7 cm³/mol. The second kappa shape index (κ2) is 6.17. The predicted octanol–water partition coefficient (Wildman–Crippen LogP) is 3.88. The molecule has 20 heavy (non-hydrogen) atoms. The van der Waals surface area contributed by atoms with E-state index >= 15 is 0 Å². The molecule has 1 atom stereocenters. The Balaban J connectivity index is 1.79. The molecule has 0 aliphatic heterocycles. The molecule has 0 saturated heterocycles. The molecule has 2 N–H and O–H groups in total. The summed E-state index contributed by atoms with van der Waals surface area (Å²) in [6.07, 6.45) is 5.64. The molecule has 2 fully saturated rings. The smallest absolute Gasteiger partial charge is 0.0481 e. The molecule has 2 aliphatic carbocycles. The maximum absolute atomic E-state index is 6.14. The molecule has 1 aromatic carbocycles. The normalized spacial score (nSPS) is 20.4. The zero-order valence-electron chi connectivity index (χ0n) is 12.3. The molecule has 2 aliphatic rings. The van der Waals surface area contributed by atoms with Crippen LogP contribution in [0.2, 0.25) is 0 Å². The number of rotatable bonds is 7. The fourth-order valence-corrected chi connectivity index (χ4v) is 3.73. The summed E-state index contributed by atoms with van der Waals surface area (Å²) >= 11 is 3.74. The van der Waals surface area contributed by atoms with Crippen molar-refractivity contribution in [1.29, 1.82) is 0 Å². The molecule has 0 bridgehead atoms. The lowest BCUT2D eigenvalue weighted by atomic mass is 10.0. The quantitative estimate of drug-likeness (QED) is 0.818. The molecule has 110 valence electrons. The van der Waals surface area contributed by atoms with E-state index in [2.05, 4.69) is 46.0 Å². The Labute approximate surface area is 130 Å². The SMILES string of the molecule is Cc1ccc(C(CN)N(CC2CC2)CC2CC2)c(Br)c1. The number of hydrogen-bond donors (Lipinski definition) is 1. The molecule has 0 aromatic heterocycles. The van der Waals surface area contributed by atoms with Crippen LogP contribution < -0.4 is 5.73 Å². The Kier molecular flexibility index (Phi) is 4.49. The average molecular weight is 337 g/mol. The van der Waals surface area contributed by atoms with E-state index < -0.39 is 0 Å². The average Bonchev–Trinajstić information content (AvgIpc) is 3.28. The van der Waals surface area contributed by atoms with Gasteiger partial charge in [-0.2, -0.15) is 0 Å². The zero-order valence-corrected chi connectivity index (χ0v) is 13.9. The van der Waals surface area contributed by atoms with E-state index in [1.807, 2.05) is 0 Å². The molecule has 2 nitrogen and oxygen atoms in total. The molecule has 3 rings (SSSR count). The van der Waals surface area contributed by atoms with Crippen molar-refractivity contribution >= 4 is 15.9 Å². The maximum Gasteiger partial charge on any atom is 0.0481 e. The van der Waals surface area contributed by atoms with Crippen molar-refractivity contribution in [2.75, 3.05) is 19.6 Å². The first-order valence-electron chi connectivity index (χ1n) is 7.87. The molecule has 1 aromatic rings. The maximum atomic E-state index is 6.14. The third-order valence-electron chi connectivity index (χ3n) is 4.56. The monoisotopic (exact) mass is 336 g/mol. The number of aryl methyl sites for hydroxylation is 1. The van der Waals surface area contributed by atoms with Crippen LogP contribution in [0.4, 0.5) is 0 Å². The van der Waals surface area contributed by atoms with Crippen molar-refractivity contribution < 1.29 is 0 Å². The van der Waals surface area contributed by atoms with Crippen molar-refractivity contribution in [1.82, 2.24) is 4.90 Å². The van der Waals surface area contributed by atoms with Gasteiger partial charge in [0, 0.05) is 30.1 Å². The van der Waals surface area contributed by atoms with Gasteiger partial charge in [0.2, 0.25) is 0 Å². The van der Waals surface area contributed by atoms with Crippen LogP contribution in [-0.4, -0.2) is 24.5 Å². The lowest BCUT2D eigenvalue weighted by Gasteiger charge is -2.32. The number of nitrogens with two attached hydrogens (primary N) is 1. The highest BCUT2D eigenvalue weighted by Crippen LogP contribution is 2.38. The number of benzene rings is 1. The van der Waals surface area contributed by atoms with E-state index in [1.54, 1.807) is 0 Å². The third kappa shape index (κ3) is 3.63. The van der Waals surface area contributed by atoms with Crippen LogP contribution in [0.3, 0.4) is 0 Å². The second-order valence-electron chi connectivity index (χ2n) is 6.62. The molecule has 1 unspecified atom stereocenters. The summed E-state index contributed by atoms with van der Waals surface area (Å²) in [4.78, 5) is 2.66. The molecule has 0 spiro atoms. The standard InChI is InChI=1S/C17H25BrN2/c1-12-2-7-15(16(18)8-12)17(9-19)20(10-13-3-4-13)11-14-5-6-14/h2,7-8,13-14,17H,3-6,9-11,19H2,1H3. The second-order valence-corrected chi connectivity index (χ2v) is 7.47. The Morgan fingerprint density at radius 1 is 1.20 bits per heavy atom. The topological polar surface area (TPSA) is 29.3 Å². The zero-order chi connectivity index (χ0) is 14.1. The highest BCUT2D eigenvalue weighted by molar-refractivity contribution is 9.10. The van der Waals surface area contributed by atoms with E-state index in [-0.39, 0.29) is 0 Å². The van der Waals surface area contributed by atoms with Crippen LogP contribution >= 0.6 is 15.9 Å². The third-order valence-corrected chi connectivity index (χ3v) is 5.25. The number of halogens is 1. The van der Waals surface area contributed by atoms with Crippen LogP contribution in [0.5, 0.6) is 0 Å². The van der Waals surface area contributed by atoms with Crippen LogP contribution in [0.25, 0.3) is 0 Å². The first-order chi connectivity index (χ1) is 9.67. The first-order valence-corrected chi connectivity index (χ1v) is 8.67. The fraction of sp³-hybridized carbons (Fsp3) is 0.647. The van der Waals surface area contributed by atoms with E-state index in [1.165, 1.54) is 54.4 Å². The van der Waals surface area contributed by atoms with Gasteiger partial charge in [0.1, 0.15) is 0 Å². The summed E-state index contributed by atoms with van der Waals surface area (Å²) in [5.74, 6) is 1.85. The van der Waals surface area contributed by atoms with Gasteiger partial charge in [0.05, 0.1) is 0 Å². The molecular formula is C17H25BrN2. The van der Waals surface area contributed by atoms with Crippen molar-refractivity contribution in [3.63, 3.8) is 0 Å². The summed E-state index contributed by atoms with van der Waals surface area (Å²) in [5, 5.41) is 0. The van der Waals surface area contributed by atoms with E-state index in [0.717, 1.165) is 11.8 Å².